The van der Waals surface area contributed by atoms with Crippen LogP contribution in [0.5, 0.6) is 0 Å². The summed E-state index contributed by atoms with van der Waals surface area (Å²) in [6.07, 6.45) is -9.08. The fraction of sp³-hybridized carbons (Fsp3) is 1.00. The Morgan fingerprint density at radius 1 is 0.900 bits per heavy atom. The van der Waals surface area contributed by atoms with Crippen LogP contribution in [0.15, 0.2) is 0 Å². The molecule has 0 spiro atoms. The molecule has 1 fully saturated rings. The van der Waals surface area contributed by atoms with Gasteiger partial charge in [0.15, 0.2) is 6.29 Å². The van der Waals surface area contributed by atoms with Crippen LogP contribution < -0.4 is 0 Å². The first kappa shape index (κ1) is 17.6. The smallest absolute Gasteiger partial charge is 0.350 e. The zero-order valence-electron chi connectivity index (χ0n) is 11.3. The summed E-state index contributed by atoms with van der Waals surface area (Å²) in [6.45, 7) is 1.04. The Morgan fingerprint density at radius 3 is 1.75 bits per heavy atom. The van der Waals surface area contributed by atoms with Crippen molar-refractivity contribution in [1.29, 1.82) is 0 Å². The van der Waals surface area contributed by atoms with E-state index >= 15 is 0 Å². The SMILES string of the molecule is CC(OC1CCCCC1)OC(C)(C(F)(F)F)C(F)(F)F. The van der Waals surface area contributed by atoms with Gasteiger partial charge in [-0.1, -0.05) is 19.3 Å². The van der Waals surface area contributed by atoms with Gasteiger partial charge in [-0.15, -0.1) is 0 Å². The van der Waals surface area contributed by atoms with E-state index in [-0.39, 0.29) is 13.0 Å². The molecule has 2 nitrogen and oxygen atoms in total. The Bertz CT molecular complexity index is 292. The monoisotopic (exact) mass is 308 g/mol. The molecule has 1 unspecified atom stereocenters. The first-order chi connectivity index (χ1) is 8.97. The molecule has 0 amide bonds. The van der Waals surface area contributed by atoms with E-state index in [0.29, 0.717) is 12.8 Å². The summed E-state index contributed by atoms with van der Waals surface area (Å²) in [5, 5.41) is 0. The second kappa shape index (κ2) is 6.09. The van der Waals surface area contributed by atoms with Gasteiger partial charge in [0.1, 0.15) is 0 Å². The van der Waals surface area contributed by atoms with E-state index in [1.807, 2.05) is 0 Å². The second-order valence-electron chi connectivity index (χ2n) is 5.11. The van der Waals surface area contributed by atoms with Crippen molar-refractivity contribution in [3.63, 3.8) is 0 Å². The van der Waals surface area contributed by atoms with E-state index in [4.69, 9.17) is 4.74 Å². The van der Waals surface area contributed by atoms with E-state index < -0.39 is 24.2 Å². The molecule has 0 aromatic heterocycles. The molecule has 1 rings (SSSR count). The molecular weight excluding hydrogens is 290 g/mol. The van der Waals surface area contributed by atoms with Crippen LogP contribution in [0.4, 0.5) is 26.3 Å². The van der Waals surface area contributed by atoms with Crippen molar-refractivity contribution in [1.82, 2.24) is 0 Å². The van der Waals surface area contributed by atoms with E-state index in [1.165, 1.54) is 0 Å². The molecule has 20 heavy (non-hydrogen) atoms. The molecule has 8 heteroatoms. The van der Waals surface area contributed by atoms with Gasteiger partial charge in [-0.3, -0.25) is 0 Å². The summed E-state index contributed by atoms with van der Waals surface area (Å²) in [6, 6.07) is 0. The van der Waals surface area contributed by atoms with Gasteiger partial charge in [0.2, 0.25) is 0 Å². The Labute approximate surface area is 113 Å². The predicted octanol–water partition coefficient (Wildman–Crippen LogP) is 4.58. The number of halogens is 6. The van der Waals surface area contributed by atoms with Crippen molar-refractivity contribution in [3.05, 3.63) is 0 Å². The summed E-state index contributed by atoms with van der Waals surface area (Å²) in [4.78, 5) is 0. The average molecular weight is 308 g/mol. The van der Waals surface area contributed by atoms with Crippen molar-refractivity contribution in [2.24, 2.45) is 0 Å². The molecule has 0 aromatic rings. The fourth-order valence-electron chi connectivity index (χ4n) is 2.13. The normalized spacial score (nSPS) is 21.0. The van der Waals surface area contributed by atoms with Crippen LogP contribution in [0.2, 0.25) is 0 Å². The maximum Gasteiger partial charge on any atom is 0.426 e. The van der Waals surface area contributed by atoms with Crippen LogP contribution in [-0.4, -0.2) is 30.3 Å². The maximum atomic E-state index is 12.6. The highest BCUT2D eigenvalue weighted by atomic mass is 19.4. The largest absolute Gasteiger partial charge is 0.426 e. The third-order valence-corrected chi connectivity index (χ3v) is 3.42. The zero-order chi connectivity index (χ0) is 15.6. The molecule has 0 saturated heterocycles. The van der Waals surface area contributed by atoms with Crippen LogP contribution in [0.1, 0.15) is 46.0 Å². The van der Waals surface area contributed by atoms with Gasteiger partial charge in [0.05, 0.1) is 6.10 Å². The van der Waals surface area contributed by atoms with Gasteiger partial charge in [0.25, 0.3) is 5.60 Å². The lowest BCUT2D eigenvalue weighted by molar-refractivity contribution is -0.403. The maximum absolute atomic E-state index is 12.6. The van der Waals surface area contributed by atoms with Gasteiger partial charge in [-0.2, -0.15) is 26.3 Å². The van der Waals surface area contributed by atoms with Crippen molar-refractivity contribution in [2.45, 2.75) is 76.3 Å². The molecular formula is C12H18F6O2. The lowest BCUT2D eigenvalue weighted by atomic mass is 9.98. The van der Waals surface area contributed by atoms with Crippen molar-refractivity contribution in [2.75, 3.05) is 0 Å². The second-order valence-corrected chi connectivity index (χ2v) is 5.11. The van der Waals surface area contributed by atoms with Crippen LogP contribution in [0.3, 0.4) is 0 Å². The lowest BCUT2D eigenvalue weighted by Gasteiger charge is -2.37. The van der Waals surface area contributed by atoms with Gasteiger partial charge < -0.3 is 9.47 Å². The van der Waals surface area contributed by atoms with Crippen molar-refractivity contribution >= 4 is 0 Å². The van der Waals surface area contributed by atoms with Crippen LogP contribution in [-0.2, 0) is 9.47 Å². The van der Waals surface area contributed by atoms with Gasteiger partial charge >= 0.3 is 12.4 Å². The first-order valence-corrected chi connectivity index (χ1v) is 6.44. The summed E-state index contributed by atoms with van der Waals surface area (Å²) in [7, 11) is 0. The van der Waals surface area contributed by atoms with Crippen molar-refractivity contribution < 1.29 is 35.8 Å². The molecule has 0 heterocycles. The number of ether oxygens (including phenoxy) is 2. The molecule has 0 N–H and O–H groups in total. The number of alkyl halides is 6. The third-order valence-electron chi connectivity index (χ3n) is 3.42. The first-order valence-electron chi connectivity index (χ1n) is 6.44. The number of hydrogen-bond acceptors (Lipinski definition) is 2. The quantitative estimate of drug-likeness (QED) is 0.559. The Hall–Kier alpha value is -0.500. The van der Waals surface area contributed by atoms with E-state index in [1.54, 1.807) is 0 Å². The number of hydrogen-bond donors (Lipinski definition) is 0. The molecule has 120 valence electrons. The Morgan fingerprint density at radius 2 is 1.35 bits per heavy atom. The van der Waals surface area contributed by atoms with E-state index in [9.17, 15) is 26.3 Å². The standard InChI is InChI=1S/C12H18F6O2/c1-8(19-9-6-4-3-5-7-9)20-10(2,11(13,14)15)12(16,17)18/h8-9H,3-7H2,1-2H3. The molecule has 1 aliphatic rings. The van der Waals surface area contributed by atoms with Gasteiger partial charge in [-0.25, -0.2) is 0 Å². The van der Waals surface area contributed by atoms with E-state index in [2.05, 4.69) is 4.74 Å². The summed E-state index contributed by atoms with van der Waals surface area (Å²) >= 11 is 0. The summed E-state index contributed by atoms with van der Waals surface area (Å²) in [5.74, 6) is 0. The summed E-state index contributed by atoms with van der Waals surface area (Å²) < 4.78 is 85.2. The molecule has 1 saturated carbocycles. The zero-order valence-corrected chi connectivity index (χ0v) is 11.3. The molecule has 1 aliphatic carbocycles. The van der Waals surface area contributed by atoms with Crippen LogP contribution in [0.25, 0.3) is 0 Å². The Kier molecular flexibility index (Phi) is 5.34. The molecule has 0 bridgehead atoms. The predicted molar refractivity (Wildman–Crippen MR) is 59.0 cm³/mol. The molecule has 0 aromatic carbocycles. The minimum atomic E-state index is -5.56. The summed E-state index contributed by atoms with van der Waals surface area (Å²) in [5.41, 5.74) is -4.23. The topological polar surface area (TPSA) is 18.5 Å². The van der Waals surface area contributed by atoms with Crippen LogP contribution >= 0.6 is 0 Å². The van der Waals surface area contributed by atoms with Crippen LogP contribution in [0, 0.1) is 0 Å². The number of rotatable bonds is 4. The highest BCUT2D eigenvalue weighted by molar-refractivity contribution is 4.91. The minimum Gasteiger partial charge on any atom is -0.350 e. The molecule has 1 atom stereocenters. The van der Waals surface area contributed by atoms with E-state index in [0.717, 1.165) is 26.2 Å². The van der Waals surface area contributed by atoms with Gasteiger partial charge in [0, 0.05) is 0 Å². The molecule has 0 aliphatic heterocycles. The van der Waals surface area contributed by atoms with Crippen molar-refractivity contribution in [3.8, 4) is 0 Å². The van der Waals surface area contributed by atoms with Gasteiger partial charge in [-0.05, 0) is 26.7 Å². The fourth-order valence-corrected chi connectivity index (χ4v) is 2.13. The average Bonchev–Trinajstić information content (AvgIpc) is 2.26. The highest BCUT2D eigenvalue weighted by Crippen LogP contribution is 2.46. The highest BCUT2D eigenvalue weighted by Gasteiger charge is 2.69. The minimum absolute atomic E-state index is 0.0201. The lowest BCUT2D eigenvalue weighted by Crippen LogP contribution is -2.58. The Balaban J connectivity index is 2.70. The molecule has 0 radical (unpaired) electrons. The third kappa shape index (κ3) is 4.00.